The van der Waals surface area contributed by atoms with Gasteiger partial charge >= 0.3 is 0 Å². The monoisotopic (exact) mass is 188 g/mol. The van der Waals surface area contributed by atoms with Crippen LogP contribution in [0.15, 0.2) is 29.3 Å². The molecule has 0 aromatic heterocycles. The van der Waals surface area contributed by atoms with Crippen LogP contribution in [0.25, 0.3) is 0 Å². The molecule has 1 aromatic rings. The molecule has 1 aliphatic rings. The van der Waals surface area contributed by atoms with Crippen molar-refractivity contribution in [2.45, 2.75) is 19.9 Å². The van der Waals surface area contributed by atoms with E-state index in [0.29, 0.717) is 6.04 Å². The highest BCUT2D eigenvalue weighted by atomic mass is 15.2. The van der Waals surface area contributed by atoms with Gasteiger partial charge in [-0.25, -0.2) is 0 Å². The minimum Gasteiger partial charge on any atom is -0.357 e. The summed E-state index contributed by atoms with van der Waals surface area (Å²) in [5.41, 5.74) is 2.56. The van der Waals surface area contributed by atoms with Crippen molar-refractivity contribution in [2.75, 3.05) is 13.6 Å². The van der Waals surface area contributed by atoms with E-state index in [1.165, 1.54) is 11.1 Å². The summed E-state index contributed by atoms with van der Waals surface area (Å²) in [4.78, 5) is 6.87. The molecule has 0 spiro atoms. The summed E-state index contributed by atoms with van der Waals surface area (Å²) in [6.45, 7) is 5.32. The van der Waals surface area contributed by atoms with Crippen molar-refractivity contribution in [3.05, 3.63) is 35.4 Å². The van der Waals surface area contributed by atoms with E-state index < -0.39 is 0 Å². The third-order valence-corrected chi connectivity index (χ3v) is 2.63. The van der Waals surface area contributed by atoms with Crippen molar-refractivity contribution >= 4 is 5.84 Å². The number of amidine groups is 1. The summed E-state index contributed by atoms with van der Waals surface area (Å²) < 4.78 is 0. The predicted molar refractivity (Wildman–Crippen MR) is 59.8 cm³/mol. The molecule has 0 amide bonds. The normalized spacial score (nSPS) is 21.2. The van der Waals surface area contributed by atoms with E-state index in [0.717, 1.165) is 12.4 Å². The SMILES string of the molecule is Cc1ccccc1C1=NC(C)CN1C. The minimum atomic E-state index is 0.426. The maximum atomic E-state index is 4.64. The maximum Gasteiger partial charge on any atom is 0.131 e. The Labute approximate surface area is 85.3 Å². The van der Waals surface area contributed by atoms with Crippen LogP contribution in [0.3, 0.4) is 0 Å². The van der Waals surface area contributed by atoms with Crippen molar-refractivity contribution in [1.82, 2.24) is 4.90 Å². The van der Waals surface area contributed by atoms with Crippen LogP contribution in [0, 0.1) is 6.92 Å². The molecule has 0 bridgehead atoms. The van der Waals surface area contributed by atoms with E-state index in [-0.39, 0.29) is 0 Å². The second-order valence-corrected chi connectivity index (χ2v) is 4.00. The molecule has 1 aliphatic heterocycles. The van der Waals surface area contributed by atoms with Crippen LogP contribution in [-0.4, -0.2) is 30.4 Å². The number of likely N-dealkylation sites (N-methyl/N-ethyl adjacent to an activating group) is 1. The van der Waals surface area contributed by atoms with Crippen LogP contribution in [0.4, 0.5) is 0 Å². The fraction of sp³-hybridized carbons (Fsp3) is 0.417. The molecule has 0 radical (unpaired) electrons. The predicted octanol–water partition coefficient (Wildman–Crippen LogP) is 2.08. The van der Waals surface area contributed by atoms with E-state index in [1.807, 2.05) is 0 Å². The van der Waals surface area contributed by atoms with Crippen LogP contribution in [0.2, 0.25) is 0 Å². The van der Waals surface area contributed by atoms with Crippen molar-refractivity contribution in [3.63, 3.8) is 0 Å². The van der Waals surface area contributed by atoms with Gasteiger partial charge in [-0.15, -0.1) is 0 Å². The number of hydrogen-bond acceptors (Lipinski definition) is 2. The minimum absolute atomic E-state index is 0.426. The summed E-state index contributed by atoms with van der Waals surface area (Å²) in [5.74, 6) is 1.13. The second-order valence-electron chi connectivity index (χ2n) is 4.00. The highest BCUT2D eigenvalue weighted by Gasteiger charge is 2.20. The Morgan fingerprint density at radius 3 is 2.64 bits per heavy atom. The molecular formula is C12H16N2. The van der Waals surface area contributed by atoms with E-state index in [1.54, 1.807) is 0 Å². The standard InChI is InChI=1S/C12H16N2/c1-9-6-4-5-7-11(9)12-13-10(2)8-14(12)3/h4-7,10H,8H2,1-3H3. The topological polar surface area (TPSA) is 15.6 Å². The lowest BCUT2D eigenvalue weighted by atomic mass is 10.1. The van der Waals surface area contributed by atoms with Gasteiger partial charge < -0.3 is 4.90 Å². The molecule has 2 nitrogen and oxygen atoms in total. The van der Waals surface area contributed by atoms with Crippen molar-refractivity contribution < 1.29 is 0 Å². The van der Waals surface area contributed by atoms with Gasteiger partial charge in [-0.1, -0.05) is 24.3 Å². The van der Waals surface area contributed by atoms with Crippen molar-refractivity contribution in [2.24, 2.45) is 4.99 Å². The van der Waals surface area contributed by atoms with Crippen LogP contribution in [0.1, 0.15) is 18.1 Å². The van der Waals surface area contributed by atoms with Crippen LogP contribution >= 0.6 is 0 Å². The molecule has 0 saturated carbocycles. The zero-order valence-electron chi connectivity index (χ0n) is 8.99. The first-order valence-corrected chi connectivity index (χ1v) is 5.03. The fourth-order valence-electron chi connectivity index (χ4n) is 1.93. The molecule has 0 saturated heterocycles. The highest BCUT2D eigenvalue weighted by Crippen LogP contribution is 2.16. The Bertz CT molecular complexity index is 368. The Kier molecular flexibility index (Phi) is 2.28. The number of aliphatic imine (C=N–C) groups is 1. The number of benzene rings is 1. The maximum absolute atomic E-state index is 4.64. The van der Waals surface area contributed by atoms with E-state index >= 15 is 0 Å². The van der Waals surface area contributed by atoms with Gasteiger partial charge in [0.05, 0.1) is 6.04 Å². The summed E-state index contributed by atoms with van der Waals surface area (Å²) in [5, 5.41) is 0. The van der Waals surface area contributed by atoms with Gasteiger partial charge in [-0.2, -0.15) is 0 Å². The third-order valence-electron chi connectivity index (χ3n) is 2.63. The van der Waals surface area contributed by atoms with Gasteiger partial charge in [0, 0.05) is 19.2 Å². The lowest BCUT2D eigenvalue weighted by Crippen LogP contribution is -2.25. The van der Waals surface area contributed by atoms with Crippen LogP contribution in [0.5, 0.6) is 0 Å². The summed E-state index contributed by atoms with van der Waals surface area (Å²) in [6, 6.07) is 8.84. The lowest BCUT2D eigenvalue weighted by molar-refractivity contribution is 0.514. The Morgan fingerprint density at radius 1 is 1.36 bits per heavy atom. The fourth-order valence-corrected chi connectivity index (χ4v) is 1.93. The molecule has 2 rings (SSSR count). The van der Waals surface area contributed by atoms with E-state index in [4.69, 9.17) is 0 Å². The van der Waals surface area contributed by atoms with Gasteiger partial charge in [0.2, 0.25) is 0 Å². The molecule has 2 heteroatoms. The summed E-state index contributed by atoms with van der Waals surface area (Å²) in [6.07, 6.45) is 0. The van der Waals surface area contributed by atoms with Crippen molar-refractivity contribution in [1.29, 1.82) is 0 Å². The molecule has 0 N–H and O–H groups in total. The smallest absolute Gasteiger partial charge is 0.131 e. The molecular weight excluding hydrogens is 172 g/mol. The van der Waals surface area contributed by atoms with Gasteiger partial charge in [-0.3, -0.25) is 4.99 Å². The molecule has 1 heterocycles. The van der Waals surface area contributed by atoms with E-state index in [2.05, 4.69) is 55.1 Å². The number of nitrogens with zero attached hydrogens (tertiary/aromatic N) is 2. The van der Waals surface area contributed by atoms with Gasteiger partial charge in [-0.05, 0) is 19.4 Å². The zero-order chi connectivity index (χ0) is 10.1. The Hall–Kier alpha value is -1.31. The Morgan fingerprint density at radius 2 is 2.07 bits per heavy atom. The van der Waals surface area contributed by atoms with Crippen LogP contribution in [-0.2, 0) is 0 Å². The first-order chi connectivity index (χ1) is 6.68. The molecule has 14 heavy (non-hydrogen) atoms. The molecule has 1 atom stereocenters. The Balaban J connectivity index is 2.41. The largest absolute Gasteiger partial charge is 0.357 e. The zero-order valence-corrected chi connectivity index (χ0v) is 8.99. The molecule has 74 valence electrons. The number of rotatable bonds is 1. The van der Waals surface area contributed by atoms with Crippen molar-refractivity contribution in [3.8, 4) is 0 Å². The quantitative estimate of drug-likeness (QED) is 0.658. The molecule has 0 aliphatic carbocycles. The first kappa shape index (κ1) is 9.25. The highest BCUT2D eigenvalue weighted by molar-refractivity contribution is 6.00. The van der Waals surface area contributed by atoms with E-state index in [9.17, 15) is 0 Å². The summed E-state index contributed by atoms with van der Waals surface area (Å²) >= 11 is 0. The number of hydrogen-bond donors (Lipinski definition) is 0. The van der Waals surface area contributed by atoms with Gasteiger partial charge in [0.25, 0.3) is 0 Å². The average Bonchev–Trinajstić information content (AvgIpc) is 2.46. The average molecular weight is 188 g/mol. The lowest BCUT2D eigenvalue weighted by Gasteiger charge is -2.15. The third kappa shape index (κ3) is 1.52. The van der Waals surface area contributed by atoms with Gasteiger partial charge in [0.1, 0.15) is 5.84 Å². The summed E-state index contributed by atoms with van der Waals surface area (Å²) in [7, 11) is 2.11. The number of aryl methyl sites for hydroxylation is 1. The molecule has 1 unspecified atom stereocenters. The molecule has 1 aromatic carbocycles. The molecule has 0 fully saturated rings. The second kappa shape index (κ2) is 3.45. The van der Waals surface area contributed by atoms with Crippen LogP contribution < -0.4 is 0 Å². The first-order valence-electron chi connectivity index (χ1n) is 5.03. The van der Waals surface area contributed by atoms with Gasteiger partial charge in [0.15, 0.2) is 0 Å².